The van der Waals surface area contributed by atoms with E-state index in [0.29, 0.717) is 6.42 Å². The van der Waals surface area contributed by atoms with Crippen LogP contribution in [0.1, 0.15) is 29.7 Å². The standard InChI is InChI=1S/C16H16FNO2/c1-19-12-6-7-15-13(8-12)14(18)9-16(20-15)10-2-4-11(17)5-3-10/h2-8,14,16H,9,18H2,1H3/t14-,16?/m0/s1. The van der Waals surface area contributed by atoms with Gasteiger partial charge in [-0.25, -0.2) is 4.39 Å². The monoisotopic (exact) mass is 273 g/mol. The van der Waals surface area contributed by atoms with E-state index in [-0.39, 0.29) is 18.0 Å². The fourth-order valence-corrected chi connectivity index (χ4v) is 2.49. The Labute approximate surface area is 117 Å². The Balaban J connectivity index is 1.90. The van der Waals surface area contributed by atoms with Gasteiger partial charge in [0.15, 0.2) is 0 Å². The first-order valence-corrected chi connectivity index (χ1v) is 6.53. The molecule has 2 aromatic rings. The Hall–Kier alpha value is -2.07. The van der Waals surface area contributed by atoms with Crippen LogP contribution < -0.4 is 15.2 Å². The third kappa shape index (κ3) is 2.34. The number of hydrogen-bond acceptors (Lipinski definition) is 3. The first-order chi connectivity index (χ1) is 9.67. The van der Waals surface area contributed by atoms with E-state index in [1.54, 1.807) is 19.2 Å². The SMILES string of the molecule is COc1ccc2c(c1)[C@@H](N)CC(c1ccc(F)cc1)O2. The van der Waals surface area contributed by atoms with E-state index in [9.17, 15) is 4.39 Å². The van der Waals surface area contributed by atoms with E-state index in [1.165, 1.54) is 12.1 Å². The number of rotatable bonds is 2. The van der Waals surface area contributed by atoms with E-state index in [1.807, 2.05) is 18.2 Å². The van der Waals surface area contributed by atoms with Crippen LogP contribution in [-0.4, -0.2) is 7.11 Å². The Kier molecular flexibility index (Phi) is 3.32. The highest BCUT2D eigenvalue weighted by Crippen LogP contribution is 2.41. The molecule has 20 heavy (non-hydrogen) atoms. The summed E-state index contributed by atoms with van der Waals surface area (Å²) in [6.07, 6.45) is 0.512. The maximum atomic E-state index is 13.0. The molecule has 3 rings (SSSR count). The highest BCUT2D eigenvalue weighted by atomic mass is 19.1. The van der Waals surface area contributed by atoms with Crippen LogP contribution in [0.3, 0.4) is 0 Å². The second-order valence-corrected chi connectivity index (χ2v) is 4.90. The first-order valence-electron chi connectivity index (χ1n) is 6.53. The minimum atomic E-state index is -0.251. The second kappa shape index (κ2) is 5.13. The zero-order valence-electron chi connectivity index (χ0n) is 11.2. The molecule has 104 valence electrons. The molecule has 0 radical (unpaired) electrons. The third-order valence-electron chi connectivity index (χ3n) is 3.60. The summed E-state index contributed by atoms with van der Waals surface area (Å²) in [6.45, 7) is 0. The number of hydrogen-bond donors (Lipinski definition) is 1. The predicted molar refractivity (Wildman–Crippen MR) is 74.3 cm³/mol. The van der Waals surface area contributed by atoms with Crippen LogP contribution in [0.25, 0.3) is 0 Å². The van der Waals surface area contributed by atoms with Crippen LogP contribution in [0, 0.1) is 5.82 Å². The van der Waals surface area contributed by atoms with Crippen LogP contribution >= 0.6 is 0 Å². The molecular formula is C16H16FNO2. The maximum Gasteiger partial charge on any atom is 0.126 e. The van der Waals surface area contributed by atoms with Gasteiger partial charge in [-0.2, -0.15) is 0 Å². The molecule has 0 bridgehead atoms. The molecule has 0 fully saturated rings. The summed E-state index contributed by atoms with van der Waals surface area (Å²) < 4.78 is 24.1. The van der Waals surface area contributed by atoms with E-state index >= 15 is 0 Å². The normalized spacial score (nSPS) is 20.9. The van der Waals surface area contributed by atoms with Gasteiger partial charge in [0.05, 0.1) is 7.11 Å². The Morgan fingerprint density at radius 2 is 1.95 bits per heavy atom. The summed E-state index contributed by atoms with van der Waals surface area (Å²) in [6, 6.07) is 11.8. The van der Waals surface area contributed by atoms with Gasteiger partial charge in [-0.1, -0.05) is 12.1 Å². The largest absolute Gasteiger partial charge is 0.497 e. The van der Waals surface area contributed by atoms with Crippen molar-refractivity contribution in [3.8, 4) is 11.5 Å². The molecular weight excluding hydrogens is 257 g/mol. The molecule has 2 N–H and O–H groups in total. The summed E-state index contributed by atoms with van der Waals surface area (Å²) in [5, 5.41) is 0. The summed E-state index contributed by atoms with van der Waals surface area (Å²) in [4.78, 5) is 0. The van der Waals surface area contributed by atoms with Crippen molar-refractivity contribution >= 4 is 0 Å². The molecule has 4 heteroatoms. The lowest BCUT2D eigenvalue weighted by Crippen LogP contribution is -2.24. The molecule has 1 unspecified atom stereocenters. The number of benzene rings is 2. The summed E-state index contributed by atoms with van der Waals surface area (Å²) >= 11 is 0. The van der Waals surface area contributed by atoms with Gasteiger partial charge in [0.25, 0.3) is 0 Å². The average molecular weight is 273 g/mol. The van der Waals surface area contributed by atoms with Gasteiger partial charge >= 0.3 is 0 Å². The van der Waals surface area contributed by atoms with Crippen LogP contribution in [0.15, 0.2) is 42.5 Å². The number of nitrogens with two attached hydrogens (primary N) is 1. The minimum Gasteiger partial charge on any atom is -0.497 e. The number of halogens is 1. The van der Waals surface area contributed by atoms with Gasteiger partial charge in [-0.05, 0) is 35.9 Å². The molecule has 2 aromatic carbocycles. The molecule has 1 heterocycles. The Morgan fingerprint density at radius 1 is 1.20 bits per heavy atom. The van der Waals surface area contributed by atoms with Crippen LogP contribution in [-0.2, 0) is 0 Å². The molecule has 1 aliphatic rings. The smallest absolute Gasteiger partial charge is 0.126 e. The number of fused-ring (bicyclic) bond motifs is 1. The molecule has 3 nitrogen and oxygen atoms in total. The zero-order valence-corrected chi connectivity index (χ0v) is 11.2. The maximum absolute atomic E-state index is 13.0. The summed E-state index contributed by atoms with van der Waals surface area (Å²) in [5.41, 5.74) is 8.10. The third-order valence-corrected chi connectivity index (χ3v) is 3.60. The van der Waals surface area contributed by atoms with Gasteiger partial charge in [0, 0.05) is 18.0 Å². The molecule has 0 aromatic heterocycles. The van der Waals surface area contributed by atoms with E-state index in [4.69, 9.17) is 15.2 Å². The van der Waals surface area contributed by atoms with Gasteiger partial charge in [-0.15, -0.1) is 0 Å². The van der Waals surface area contributed by atoms with Crippen LogP contribution in [0.4, 0.5) is 4.39 Å². The lowest BCUT2D eigenvalue weighted by atomic mass is 9.93. The van der Waals surface area contributed by atoms with Crippen molar-refractivity contribution in [2.45, 2.75) is 18.6 Å². The number of methoxy groups -OCH3 is 1. The Morgan fingerprint density at radius 3 is 2.65 bits per heavy atom. The lowest BCUT2D eigenvalue weighted by molar-refractivity contribution is 0.161. The average Bonchev–Trinajstić information content (AvgIpc) is 2.47. The molecule has 1 aliphatic heterocycles. The van der Waals surface area contributed by atoms with Gasteiger partial charge in [0.2, 0.25) is 0 Å². The van der Waals surface area contributed by atoms with Crippen molar-refractivity contribution in [3.05, 3.63) is 59.4 Å². The number of ether oxygens (including phenoxy) is 2. The van der Waals surface area contributed by atoms with Crippen molar-refractivity contribution in [2.24, 2.45) is 5.73 Å². The highest BCUT2D eigenvalue weighted by Gasteiger charge is 2.27. The second-order valence-electron chi connectivity index (χ2n) is 4.90. The topological polar surface area (TPSA) is 44.5 Å². The van der Waals surface area contributed by atoms with E-state index in [0.717, 1.165) is 22.6 Å². The van der Waals surface area contributed by atoms with Gasteiger partial charge in [-0.3, -0.25) is 0 Å². The fourth-order valence-electron chi connectivity index (χ4n) is 2.49. The van der Waals surface area contributed by atoms with Crippen LogP contribution in [0.5, 0.6) is 11.5 Å². The van der Waals surface area contributed by atoms with E-state index in [2.05, 4.69) is 0 Å². The van der Waals surface area contributed by atoms with Crippen molar-refractivity contribution in [1.29, 1.82) is 0 Å². The molecule has 0 aliphatic carbocycles. The van der Waals surface area contributed by atoms with Gasteiger partial charge in [0.1, 0.15) is 23.4 Å². The van der Waals surface area contributed by atoms with Gasteiger partial charge < -0.3 is 15.2 Å². The predicted octanol–water partition coefficient (Wildman–Crippen LogP) is 3.36. The van der Waals surface area contributed by atoms with Crippen molar-refractivity contribution in [2.75, 3.05) is 7.11 Å². The molecule has 0 saturated carbocycles. The lowest BCUT2D eigenvalue weighted by Gasteiger charge is -2.30. The molecule has 2 atom stereocenters. The quantitative estimate of drug-likeness (QED) is 0.912. The summed E-state index contributed by atoms with van der Waals surface area (Å²) in [7, 11) is 1.62. The van der Waals surface area contributed by atoms with Crippen molar-refractivity contribution in [1.82, 2.24) is 0 Å². The summed E-state index contributed by atoms with van der Waals surface area (Å²) in [5.74, 6) is 1.28. The van der Waals surface area contributed by atoms with Crippen molar-refractivity contribution in [3.63, 3.8) is 0 Å². The molecule has 0 spiro atoms. The minimum absolute atomic E-state index is 0.121. The first kappa shape index (κ1) is 12.9. The zero-order chi connectivity index (χ0) is 14.1. The van der Waals surface area contributed by atoms with Crippen molar-refractivity contribution < 1.29 is 13.9 Å². The fraction of sp³-hybridized carbons (Fsp3) is 0.250. The highest BCUT2D eigenvalue weighted by molar-refractivity contribution is 5.44. The van der Waals surface area contributed by atoms with Crippen LogP contribution in [0.2, 0.25) is 0 Å². The molecule has 0 amide bonds. The molecule has 0 saturated heterocycles. The van der Waals surface area contributed by atoms with E-state index < -0.39 is 0 Å². The Bertz CT molecular complexity index is 612.